The Hall–Kier alpha value is -4.18. The number of nitro groups is 1. The van der Waals surface area contributed by atoms with Crippen LogP contribution in [0, 0.1) is 17.0 Å². The van der Waals surface area contributed by atoms with Gasteiger partial charge in [0.2, 0.25) is 0 Å². The molecule has 0 fully saturated rings. The Morgan fingerprint density at radius 2 is 1.68 bits per heavy atom. The molecule has 1 N–H and O–H groups in total. The minimum atomic E-state index is -3.96. The molecule has 176 valence electrons. The Morgan fingerprint density at radius 1 is 1.03 bits per heavy atom. The van der Waals surface area contributed by atoms with Crippen molar-refractivity contribution in [2.24, 2.45) is 0 Å². The van der Waals surface area contributed by atoms with Crippen LogP contribution < -0.4 is 9.46 Å². The first-order valence-corrected chi connectivity index (χ1v) is 11.5. The number of hydrogen-bond acceptors (Lipinski definition) is 7. The van der Waals surface area contributed by atoms with E-state index in [9.17, 15) is 23.3 Å². The van der Waals surface area contributed by atoms with Crippen molar-refractivity contribution in [3.8, 4) is 11.5 Å². The smallest absolute Gasteiger partial charge is 0.340 e. The summed E-state index contributed by atoms with van der Waals surface area (Å²) < 4.78 is 38.5. The number of carbonyl (C=O) groups excluding carboxylic acids is 1. The third-order valence-electron chi connectivity index (χ3n) is 4.75. The van der Waals surface area contributed by atoms with E-state index < -0.39 is 20.9 Å². The van der Waals surface area contributed by atoms with Crippen molar-refractivity contribution in [2.75, 3.05) is 11.8 Å². The number of rotatable bonds is 8. The lowest BCUT2D eigenvalue weighted by atomic mass is 10.1. The zero-order valence-electron chi connectivity index (χ0n) is 18.6. The number of aryl methyl sites for hydroxylation is 1. The molecule has 9 nitrogen and oxygen atoms in total. The van der Waals surface area contributed by atoms with Crippen molar-refractivity contribution < 1.29 is 27.6 Å². The van der Waals surface area contributed by atoms with Gasteiger partial charge >= 0.3 is 5.97 Å². The number of allylic oxidation sites excluding steroid dienone is 1. The molecule has 3 aromatic carbocycles. The number of sulfonamides is 1. The average molecular weight is 483 g/mol. The van der Waals surface area contributed by atoms with E-state index in [4.69, 9.17) is 9.47 Å². The van der Waals surface area contributed by atoms with Gasteiger partial charge in [-0.1, -0.05) is 29.8 Å². The van der Waals surface area contributed by atoms with Gasteiger partial charge in [-0.3, -0.25) is 14.8 Å². The summed E-state index contributed by atoms with van der Waals surface area (Å²) in [6.45, 7) is 3.57. The summed E-state index contributed by atoms with van der Waals surface area (Å²) in [6, 6.07) is 14.7. The maximum Gasteiger partial charge on any atom is 0.340 e. The van der Waals surface area contributed by atoms with Crippen LogP contribution >= 0.6 is 0 Å². The quantitative estimate of drug-likeness (QED) is 0.262. The highest BCUT2D eigenvalue weighted by atomic mass is 32.2. The normalized spacial score (nSPS) is 11.3. The molecule has 0 amide bonds. The molecule has 0 aliphatic heterocycles. The summed E-state index contributed by atoms with van der Waals surface area (Å²) in [5.41, 5.74) is 1.12. The van der Waals surface area contributed by atoms with Crippen LogP contribution in [0.4, 0.5) is 11.4 Å². The molecule has 0 bridgehead atoms. The number of anilines is 1. The van der Waals surface area contributed by atoms with Gasteiger partial charge in [0.15, 0.2) is 0 Å². The van der Waals surface area contributed by atoms with Gasteiger partial charge in [0.05, 0.1) is 33.7 Å². The lowest BCUT2D eigenvalue weighted by Crippen LogP contribution is -2.16. The monoisotopic (exact) mass is 482 g/mol. The maximum absolute atomic E-state index is 12.8. The van der Waals surface area contributed by atoms with Crippen LogP contribution in [-0.2, 0) is 14.8 Å². The molecule has 3 aromatic rings. The van der Waals surface area contributed by atoms with Gasteiger partial charge in [0.1, 0.15) is 11.5 Å². The number of hydrogen-bond donors (Lipinski definition) is 1. The Kier molecular flexibility index (Phi) is 7.32. The first kappa shape index (κ1) is 24.5. The molecule has 0 saturated heterocycles. The molecule has 3 rings (SSSR count). The Balaban J connectivity index is 1.95. The number of nitro benzene ring substituents is 1. The number of methoxy groups -OCH3 is 1. The largest absolute Gasteiger partial charge is 0.465 e. The maximum atomic E-state index is 12.8. The number of nitrogens with one attached hydrogen (secondary N) is 1. The fourth-order valence-corrected chi connectivity index (χ4v) is 4.17. The summed E-state index contributed by atoms with van der Waals surface area (Å²) in [5.74, 6) is -0.271. The van der Waals surface area contributed by atoms with E-state index in [-0.39, 0.29) is 27.6 Å². The van der Waals surface area contributed by atoms with Crippen LogP contribution in [0.2, 0.25) is 0 Å². The molecule has 0 saturated carbocycles. The number of nitrogens with zero attached hydrogens (tertiary/aromatic N) is 1. The van der Waals surface area contributed by atoms with Crippen LogP contribution in [-0.4, -0.2) is 26.4 Å². The zero-order chi connectivity index (χ0) is 24.9. The van der Waals surface area contributed by atoms with Crippen LogP contribution in [0.1, 0.15) is 28.4 Å². The minimum absolute atomic E-state index is 0.0121. The van der Waals surface area contributed by atoms with Crippen molar-refractivity contribution in [1.29, 1.82) is 0 Å². The van der Waals surface area contributed by atoms with Crippen molar-refractivity contribution in [3.05, 3.63) is 93.5 Å². The van der Waals surface area contributed by atoms with Gasteiger partial charge in [-0.05, 0) is 56.3 Å². The Bertz CT molecular complexity index is 1360. The third-order valence-corrected chi connectivity index (χ3v) is 6.13. The van der Waals surface area contributed by atoms with Gasteiger partial charge in [-0.2, -0.15) is 0 Å². The third kappa shape index (κ3) is 5.59. The van der Waals surface area contributed by atoms with Crippen molar-refractivity contribution >= 4 is 33.4 Å². The van der Waals surface area contributed by atoms with Crippen molar-refractivity contribution in [3.63, 3.8) is 0 Å². The minimum Gasteiger partial charge on any atom is -0.465 e. The Labute approximate surface area is 196 Å². The molecule has 0 atom stereocenters. The van der Waals surface area contributed by atoms with Crippen LogP contribution in [0.15, 0.2) is 71.6 Å². The second-order valence-electron chi connectivity index (χ2n) is 7.20. The molecule has 0 radical (unpaired) electrons. The van der Waals surface area contributed by atoms with Crippen LogP contribution in [0.3, 0.4) is 0 Å². The molecule has 0 heterocycles. The fourth-order valence-electron chi connectivity index (χ4n) is 3.09. The molecule has 0 aliphatic carbocycles. The highest BCUT2D eigenvalue weighted by Gasteiger charge is 2.21. The molecule has 0 aliphatic rings. The number of carbonyl (C=O) groups is 1. The lowest BCUT2D eigenvalue weighted by molar-refractivity contribution is -0.385. The standard InChI is InChI=1S/C24H22N2O7S/c1-4-5-17-14-18(9-13-23(17)26(28)29)33-19-8-12-22(21(15-19)24(27)32-3)25-34(30,31)20-10-6-16(2)7-11-20/h4-15,25H,1-3H3/b5-4-. The predicted octanol–water partition coefficient (Wildman–Crippen LogP) is 5.32. The molecule has 0 aromatic heterocycles. The van der Waals surface area contributed by atoms with E-state index >= 15 is 0 Å². The summed E-state index contributed by atoms with van der Waals surface area (Å²) in [5, 5.41) is 11.2. The zero-order valence-corrected chi connectivity index (χ0v) is 19.5. The number of ether oxygens (including phenoxy) is 2. The van der Waals surface area contributed by atoms with Gasteiger partial charge in [-0.15, -0.1) is 0 Å². The number of benzene rings is 3. The number of esters is 1. The summed E-state index contributed by atoms with van der Waals surface area (Å²) in [6.07, 6.45) is 3.24. The van der Waals surface area contributed by atoms with Gasteiger partial charge in [0.25, 0.3) is 15.7 Å². The van der Waals surface area contributed by atoms with E-state index in [1.807, 2.05) is 6.92 Å². The highest BCUT2D eigenvalue weighted by molar-refractivity contribution is 7.92. The van der Waals surface area contributed by atoms with E-state index in [2.05, 4.69) is 4.72 Å². The van der Waals surface area contributed by atoms with Gasteiger partial charge in [-0.25, -0.2) is 13.2 Å². The van der Waals surface area contributed by atoms with Gasteiger partial charge < -0.3 is 9.47 Å². The molecule has 34 heavy (non-hydrogen) atoms. The second-order valence-corrected chi connectivity index (χ2v) is 8.88. The Morgan fingerprint density at radius 3 is 2.29 bits per heavy atom. The molecular formula is C24H22N2O7S. The van der Waals surface area contributed by atoms with E-state index in [0.717, 1.165) is 5.56 Å². The van der Waals surface area contributed by atoms with Crippen molar-refractivity contribution in [2.45, 2.75) is 18.7 Å². The lowest BCUT2D eigenvalue weighted by Gasteiger charge is -2.14. The molecule has 10 heteroatoms. The summed E-state index contributed by atoms with van der Waals surface area (Å²) in [4.78, 5) is 23.1. The highest BCUT2D eigenvalue weighted by Crippen LogP contribution is 2.31. The summed E-state index contributed by atoms with van der Waals surface area (Å²) in [7, 11) is -2.79. The topological polar surface area (TPSA) is 125 Å². The van der Waals surface area contributed by atoms with Gasteiger partial charge in [0, 0.05) is 6.07 Å². The molecular weight excluding hydrogens is 460 g/mol. The van der Waals surface area contributed by atoms with Crippen LogP contribution in [0.5, 0.6) is 11.5 Å². The van der Waals surface area contributed by atoms with Crippen LogP contribution in [0.25, 0.3) is 6.08 Å². The predicted molar refractivity (Wildman–Crippen MR) is 128 cm³/mol. The molecule has 0 unspecified atom stereocenters. The summed E-state index contributed by atoms with van der Waals surface area (Å²) >= 11 is 0. The van der Waals surface area contributed by atoms with E-state index in [0.29, 0.717) is 11.3 Å². The van der Waals surface area contributed by atoms with E-state index in [1.54, 1.807) is 31.2 Å². The first-order valence-electron chi connectivity index (χ1n) is 10.1. The molecule has 0 spiro atoms. The fraction of sp³-hybridized carbons (Fsp3) is 0.125. The van der Waals surface area contributed by atoms with Crippen molar-refractivity contribution in [1.82, 2.24) is 0 Å². The average Bonchev–Trinajstić information content (AvgIpc) is 2.80. The van der Waals surface area contributed by atoms with E-state index in [1.165, 1.54) is 55.6 Å². The SMILES string of the molecule is C/C=C\c1cc(Oc2ccc(NS(=O)(=O)c3ccc(C)cc3)c(C(=O)OC)c2)ccc1[N+](=O)[O-]. The second kappa shape index (κ2) is 10.2. The first-order chi connectivity index (χ1) is 16.1.